The average molecular weight is 481 g/mol. The highest BCUT2D eigenvalue weighted by Crippen LogP contribution is 2.31. The molecule has 11 heteroatoms. The highest BCUT2D eigenvalue weighted by molar-refractivity contribution is 7.89. The zero-order valence-corrected chi connectivity index (χ0v) is 18.9. The maximum Gasteiger partial charge on any atom is 0.321 e. The van der Waals surface area contributed by atoms with Gasteiger partial charge in [-0.2, -0.15) is 4.72 Å². The predicted molar refractivity (Wildman–Crippen MR) is 116 cm³/mol. The summed E-state index contributed by atoms with van der Waals surface area (Å²) in [5, 5.41) is 0. The standard InChI is InChI=1S/C22H25FN2O7S/c1-2-25(14-16-5-3-6-17(23)11-16)21(26)15-32-22(27)13-24-33(28,29)18-7-8-19-20(12-18)31-10-4-9-30-19/h3,5-8,11-12,24H,2,4,9-10,13-15H2,1H3. The Hall–Kier alpha value is -3.18. The second-order valence-corrected chi connectivity index (χ2v) is 8.95. The fraction of sp³-hybridized carbons (Fsp3) is 0.364. The van der Waals surface area contributed by atoms with Crippen LogP contribution in [0.15, 0.2) is 47.4 Å². The van der Waals surface area contributed by atoms with E-state index in [0.29, 0.717) is 43.2 Å². The smallest absolute Gasteiger partial charge is 0.321 e. The molecule has 0 radical (unpaired) electrons. The van der Waals surface area contributed by atoms with E-state index in [1.54, 1.807) is 19.1 Å². The highest BCUT2D eigenvalue weighted by Gasteiger charge is 2.21. The minimum atomic E-state index is -4.02. The second-order valence-electron chi connectivity index (χ2n) is 7.18. The van der Waals surface area contributed by atoms with Crippen LogP contribution in [0.25, 0.3) is 0 Å². The summed E-state index contributed by atoms with van der Waals surface area (Å²) in [5.41, 5.74) is 0.597. The molecule has 0 atom stereocenters. The largest absolute Gasteiger partial charge is 0.490 e. The molecule has 0 saturated heterocycles. The summed E-state index contributed by atoms with van der Waals surface area (Å²) >= 11 is 0. The topological polar surface area (TPSA) is 111 Å². The van der Waals surface area contributed by atoms with Gasteiger partial charge in [-0.3, -0.25) is 9.59 Å². The van der Waals surface area contributed by atoms with Crippen molar-refractivity contribution >= 4 is 21.9 Å². The number of rotatable bonds is 9. The Balaban J connectivity index is 1.51. The number of hydrogen-bond acceptors (Lipinski definition) is 7. The normalized spacial score (nSPS) is 13.2. The van der Waals surface area contributed by atoms with Crippen molar-refractivity contribution in [2.24, 2.45) is 0 Å². The maximum atomic E-state index is 13.3. The van der Waals surface area contributed by atoms with E-state index in [2.05, 4.69) is 4.72 Å². The van der Waals surface area contributed by atoms with Crippen LogP contribution in [-0.2, 0) is 30.9 Å². The van der Waals surface area contributed by atoms with Gasteiger partial charge in [0.1, 0.15) is 12.4 Å². The number of nitrogens with zero attached hydrogens (tertiary/aromatic N) is 1. The Morgan fingerprint density at radius 3 is 2.61 bits per heavy atom. The number of sulfonamides is 1. The number of esters is 1. The van der Waals surface area contributed by atoms with Crippen molar-refractivity contribution in [3.63, 3.8) is 0 Å². The van der Waals surface area contributed by atoms with Gasteiger partial charge < -0.3 is 19.1 Å². The lowest BCUT2D eigenvalue weighted by Gasteiger charge is -2.21. The van der Waals surface area contributed by atoms with Crippen molar-refractivity contribution in [1.82, 2.24) is 9.62 Å². The van der Waals surface area contributed by atoms with Crippen LogP contribution >= 0.6 is 0 Å². The van der Waals surface area contributed by atoms with E-state index in [9.17, 15) is 22.4 Å². The van der Waals surface area contributed by atoms with E-state index >= 15 is 0 Å². The summed E-state index contributed by atoms with van der Waals surface area (Å²) < 4.78 is 56.4. The number of likely N-dealkylation sites (N-methyl/N-ethyl adjacent to an activating group) is 1. The molecule has 0 unspecified atom stereocenters. The van der Waals surface area contributed by atoms with Crippen LogP contribution in [-0.4, -0.2) is 58.1 Å². The fourth-order valence-corrected chi connectivity index (χ4v) is 4.05. The molecule has 0 aromatic heterocycles. The van der Waals surface area contributed by atoms with Gasteiger partial charge in [0, 0.05) is 25.6 Å². The minimum Gasteiger partial charge on any atom is -0.490 e. The van der Waals surface area contributed by atoms with Crippen molar-refractivity contribution in [3.8, 4) is 11.5 Å². The summed E-state index contributed by atoms with van der Waals surface area (Å²) in [7, 11) is -4.02. The first-order valence-corrected chi connectivity index (χ1v) is 11.8. The number of amides is 1. The lowest BCUT2D eigenvalue weighted by Crippen LogP contribution is -2.36. The number of fused-ring (bicyclic) bond motifs is 1. The van der Waals surface area contributed by atoms with Crippen LogP contribution in [0, 0.1) is 5.82 Å². The summed E-state index contributed by atoms with van der Waals surface area (Å²) in [6.45, 7) is 1.87. The molecule has 3 rings (SSSR count). The first kappa shape index (κ1) is 24.5. The van der Waals surface area contributed by atoms with E-state index in [-0.39, 0.29) is 11.4 Å². The third kappa shape index (κ3) is 6.90. The van der Waals surface area contributed by atoms with Gasteiger partial charge >= 0.3 is 5.97 Å². The molecule has 1 amide bonds. The first-order chi connectivity index (χ1) is 15.8. The van der Waals surface area contributed by atoms with Gasteiger partial charge in [-0.05, 0) is 36.8 Å². The first-order valence-electron chi connectivity index (χ1n) is 10.4. The van der Waals surface area contributed by atoms with E-state index in [1.165, 1.54) is 35.2 Å². The van der Waals surface area contributed by atoms with E-state index < -0.39 is 40.9 Å². The van der Waals surface area contributed by atoms with Crippen molar-refractivity contribution < 1.29 is 36.6 Å². The van der Waals surface area contributed by atoms with Crippen molar-refractivity contribution in [3.05, 3.63) is 53.8 Å². The van der Waals surface area contributed by atoms with Crippen LogP contribution in [0.4, 0.5) is 4.39 Å². The molecule has 1 N–H and O–H groups in total. The Morgan fingerprint density at radius 1 is 1.12 bits per heavy atom. The molecule has 0 bridgehead atoms. The molecule has 178 valence electrons. The van der Waals surface area contributed by atoms with Gasteiger partial charge in [-0.1, -0.05) is 12.1 Å². The molecule has 1 heterocycles. The van der Waals surface area contributed by atoms with Crippen LogP contribution in [0.2, 0.25) is 0 Å². The van der Waals surface area contributed by atoms with Crippen molar-refractivity contribution in [1.29, 1.82) is 0 Å². The van der Waals surface area contributed by atoms with Crippen LogP contribution in [0.1, 0.15) is 18.9 Å². The zero-order valence-electron chi connectivity index (χ0n) is 18.1. The second kappa shape index (κ2) is 11.1. The fourth-order valence-electron chi connectivity index (χ4n) is 3.06. The lowest BCUT2D eigenvalue weighted by atomic mass is 10.2. The number of benzene rings is 2. The van der Waals surface area contributed by atoms with E-state index in [1.807, 2.05) is 0 Å². The molecule has 0 spiro atoms. The third-order valence-corrected chi connectivity index (χ3v) is 6.19. The molecule has 33 heavy (non-hydrogen) atoms. The number of nitrogens with one attached hydrogen (secondary N) is 1. The number of carbonyl (C=O) groups excluding carboxylic acids is 2. The average Bonchev–Trinajstić information content (AvgIpc) is 3.04. The van der Waals surface area contributed by atoms with Gasteiger partial charge in [0.15, 0.2) is 18.1 Å². The number of halogens is 1. The van der Waals surface area contributed by atoms with Gasteiger partial charge in [-0.15, -0.1) is 0 Å². The highest BCUT2D eigenvalue weighted by atomic mass is 32.2. The van der Waals surface area contributed by atoms with Gasteiger partial charge in [0.05, 0.1) is 18.1 Å². The Morgan fingerprint density at radius 2 is 1.88 bits per heavy atom. The van der Waals surface area contributed by atoms with E-state index in [0.717, 1.165) is 0 Å². The summed E-state index contributed by atoms with van der Waals surface area (Å²) in [6.07, 6.45) is 0.678. The molecule has 1 aliphatic rings. The van der Waals surface area contributed by atoms with Gasteiger partial charge in [0.25, 0.3) is 5.91 Å². The summed E-state index contributed by atoms with van der Waals surface area (Å²) in [4.78, 5) is 25.6. The third-order valence-electron chi connectivity index (χ3n) is 4.79. The van der Waals surface area contributed by atoms with Crippen LogP contribution < -0.4 is 14.2 Å². The molecule has 1 aliphatic heterocycles. The Labute approximate surface area is 191 Å². The molecule has 0 fully saturated rings. The van der Waals surface area contributed by atoms with Crippen molar-refractivity contribution in [2.45, 2.75) is 24.8 Å². The number of ether oxygens (including phenoxy) is 3. The number of carbonyl (C=O) groups is 2. The predicted octanol–water partition coefficient (Wildman–Crippen LogP) is 1.86. The SMILES string of the molecule is CCN(Cc1cccc(F)c1)C(=O)COC(=O)CNS(=O)(=O)c1ccc2c(c1)OCCCO2. The molecular weight excluding hydrogens is 455 g/mol. The van der Waals surface area contributed by atoms with Gasteiger partial charge in [-0.25, -0.2) is 12.8 Å². The molecular formula is C22H25FN2O7S. The zero-order chi connectivity index (χ0) is 23.8. The lowest BCUT2D eigenvalue weighted by molar-refractivity contribution is -0.151. The van der Waals surface area contributed by atoms with Crippen molar-refractivity contribution in [2.75, 3.05) is 32.9 Å². The summed E-state index contributed by atoms with van der Waals surface area (Å²) in [6, 6.07) is 9.99. The maximum absolute atomic E-state index is 13.3. The molecule has 2 aromatic carbocycles. The number of hydrogen-bond donors (Lipinski definition) is 1. The molecule has 2 aromatic rings. The molecule has 0 aliphatic carbocycles. The molecule has 0 saturated carbocycles. The van der Waals surface area contributed by atoms with Crippen LogP contribution in [0.5, 0.6) is 11.5 Å². The van der Waals surface area contributed by atoms with Gasteiger partial charge in [0.2, 0.25) is 10.0 Å². The monoisotopic (exact) mass is 480 g/mol. The molecule has 9 nitrogen and oxygen atoms in total. The summed E-state index contributed by atoms with van der Waals surface area (Å²) in [5.74, 6) is -1.06. The Bertz CT molecular complexity index is 1110. The quantitative estimate of drug-likeness (QED) is 0.546. The minimum absolute atomic E-state index is 0.0946. The van der Waals surface area contributed by atoms with E-state index in [4.69, 9.17) is 14.2 Å². The van der Waals surface area contributed by atoms with Crippen LogP contribution in [0.3, 0.4) is 0 Å². The Kier molecular flexibility index (Phi) is 8.23.